The third-order valence-corrected chi connectivity index (χ3v) is 2.98. The van der Waals surface area contributed by atoms with Crippen molar-refractivity contribution in [2.75, 3.05) is 0 Å². The summed E-state index contributed by atoms with van der Waals surface area (Å²) in [5.74, 6) is 1.48. The second-order valence-corrected chi connectivity index (χ2v) is 4.19. The van der Waals surface area contributed by atoms with E-state index < -0.39 is 0 Å². The summed E-state index contributed by atoms with van der Waals surface area (Å²) in [7, 11) is 0. The number of fused-ring (bicyclic) bond motifs is 1. The molecule has 84 valence electrons. The van der Waals surface area contributed by atoms with Crippen molar-refractivity contribution in [2.45, 2.75) is 13.3 Å². The molecule has 0 saturated heterocycles. The fraction of sp³-hybridized carbons (Fsp3) is 0.133. The summed E-state index contributed by atoms with van der Waals surface area (Å²) in [4.78, 5) is 4.32. The fourth-order valence-electron chi connectivity index (χ4n) is 2.03. The van der Waals surface area contributed by atoms with Crippen molar-refractivity contribution in [3.8, 4) is 11.6 Å². The predicted molar refractivity (Wildman–Crippen MR) is 68.1 cm³/mol. The Morgan fingerprint density at radius 1 is 1.18 bits per heavy atom. The molecule has 1 heterocycles. The number of nitrogens with zero attached hydrogens (tertiary/aromatic N) is 1. The van der Waals surface area contributed by atoms with E-state index in [0.717, 1.165) is 12.2 Å². The topological polar surface area (TPSA) is 22.1 Å². The van der Waals surface area contributed by atoms with Gasteiger partial charge in [0.25, 0.3) is 0 Å². The number of para-hydroxylation sites is 1. The number of aromatic nitrogens is 1. The first-order valence-electron chi connectivity index (χ1n) is 5.72. The fourth-order valence-corrected chi connectivity index (χ4v) is 2.03. The van der Waals surface area contributed by atoms with Gasteiger partial charge < -0.3 is 4.74 Å². The number of allylic oxidation sites excluding steroid dienone is 2. The van der Waals surface area contributed by atoms with E-state index in [9.17, 15) is 0 Å². The van der Waals surface area contributed by atoms with Gasteiger partial charge >= 0.3 is 0 Å². The summed E-state index contributed by atoms with van der Waals surface area (Å²) in [5, 5.41) is 0. The summed E-state index contributed by atoms with van der Waals surface area (Å²) >= 11 is 0. The Labute approximate surface area is 101 Å². The molecule has 1 aliphatic rings. The summed E-state index contributed by atoms with van der Waals surface area (Å²) in [5.41, 5.74) is 3.84. The number of hydrogen-bond acceptors (Lipinski definition) is 2. The predicted octanol–water partition coefficient (Wildman–Crippen LogP) is 3.83. The first-order valence-corrected chi connectivity index (χ1v) is 5.72. The first kappa shape index (κ1) is 10.1. The molecule has 2 nitrogen and oxygen atoms in total. The molecule has 0 amide bonds. The molecule has 0 fully saturated rings. The molecule has 17 heavy (non-hydrogen) atoms. The smallest absolute Gasteiger partial charge is 0.219 e. The third kappa shape index (κ3) is 1.94. The maximum atomic E-state index is 5.71. The molecule has 0 saturated carbocycles. The molecule has 2 aromatic rings. The van der Waals surface area contributed by atoms with Crippen LogP contribution in [0.15, 0.2) is 48.7 Å². The largest absolute Gasteiger partial charge is 0.439 e. The Morgan fingerprint density at radius 2 is 2.00 bits per heavy atom. The number of benzene rings is 1. The van der Waals surface area contributed by atoms with Crippen LogP contribution in [0.4, 0.5) is 0 Å². The summed E-state index contributed by atoms with van der Waals surface area (Å²) in [6.07, 6.45) is 5.11. The van der Waals surface area contributed by atoms with E-state index in [4.69, 9.17) is 4.74 Å². The number of rotatable bonds is 2. The Morgan fingerprint density at radius 3 is 2.82 bits per heavy atom. The lowest BCUT2D eigenvalue weighted by molar-refractivity contribution is 0.462. The van der Waals surface area contributed by atoms with Crippen molar-refractivity contribution < 1.29 is 4.74 Å². The third-order valence-electron chi connectivity index (χ3n) is 2.98. The van der Waals surface area contributed by atoms with Crippen LogP contribution in [0.25, 0.3) is 5.57 Å². The second kappa shape index (κ2) is 4.06. The molecule has 2 heteroatoms. The van der Waals surface area contributed by atoms with Crippen LogP contribution in [0, 0.1) is 0 Å². The average molecular weight is 223 g/mol. The van der Waals surface area contributed by atoms with Crippen molar-refractivity contribution in [1.29, 1.82) is 0 Å². The number of ether oxygens (including phenoxy) is 1. The molecule has 0 bridgehead atoms. The normalized spacial score (nSPS) is 13.1. The van der Waals surface area contributed by atoms with E-state index >= 15 is 0 Å². The van der Waals surface area contributed by atoms with Crippen LogP contribution in [0.3, 0.4) is 0 Å². The molecule has 0 spiro atoms. The summed E-state index contributed by atoms with van der Waals surface area (Å²) in [6.45, 7) is 2.12. The standard InChI is InChI=1S/C15H13NO/c1-11-7-8-12-10-16-15(9-14(11)12)17-13-5-3-2-4-6-13/h2-7,9-10H,8H2,1H3. The van der Waals surface area contributed by atoms with Gasteiger partial charge in [-0.3, -0.25) is 0 Å². The first-order chi connectivity index (χ1) is 8.33. The Balaban J connectivity index is 1.90. The van der Waals surface area contributed by atoms with Gasteiger partial charge in [-0.2, -0.15) is 0 Å². The minimum absolute atomic E-state index is 0.657. The second-order valence-electron chi connectivity index (χ2n) is 4.19. The molecule has 1 aromatic carbocycles. The minimum atomic E-state index is 0.657. The van der Waals surface area contributed by atoms with Crippen LogP contribution in [0.1, 0.15) is 18.1 Å². The SMILES string of the molecule is CC1=CCc2cnc(Oc3ccccc3)cc21. The van der Waals surface area contributed by atoms with E-state index in [1.807, 2.05) is 42.6 Å². The van der Waals surface area contributed by atoms with Crippen molar-refractivity contribution >= 4 is 5.57 Å². The van der Waals surface area contributed by atoms with Crippen molar-refractivity contribution in [1.82, 2.24) is 4.98 Å². The van der Waals surface area contributed by atoms with E-state index in [1.54, 1.807) is 0 Å². The van der Waals surface area contributed by atoms with Crippen molar-refractivity contribution in [3.63, 3.8) is 0 Å². The van der Waals surface area contributed by atoms with Gasteiger partial charge in [0.15, 0.2) is 0 Å². The Bertz CT molecular complexity index is 573. The van der Waals surface area contributed by atoms with E-state index in [0.29, 0.717) is 5.88 Å². The molecule has 0 radical (unpaired) electrons. The Hall–Kier alpha value is -2.09. The maximum absolute atomic E-state index is 5.71. The lowest BCUT2D eigenvalue weighted by Gasteiger charge is -2.07. The van der Waals surface area contributed by atoms with Crippen LogP contribution in [-0.4, -0.2) is 4.98 Å². The quantitative estimate of drug-likeness (QED) is 0.771. The van der Waals surface area contributed by atoms with Crippen molar-refractivity contribution in [3.05, 3.63) is 59.8 Å². The molecule has 3 rings (SSSR count). The van der Waals surface area contributed by atoms with Gasteiger partial charge in [0.2, 0.25) is 5.88 Å². The summed E-state index contributed by atoms with van der Waals surface area (Å²) in [6, 6.07) is 11.7. The number of hydrogen-bond donors (Lipinski definition) is 0. The van der Waals surface area contributed by atoms with Gasteiger partial charge in [0.05, 0.1) is 0 Å². The van der Waals surface area contributed by atoms with Gasteiger partial charge in [-0.05, 0) is 42.2 Å². The lowest BCUT2D eigenvalue weighted by atomic mass is 10.1. The van der Waals surface area contributed by atoms with Crippen LogP contribution in [-0.2, 0) is 6.42 Å². The molecule has 1 aromatic heterocycles. The molecule has 1 aliphatic carbocycles. The van der Waals surface area contributed by atoms with Crippen LogP contribution in [0.5, 0.6) is 11.6 Å². The molecule has 0 atom stereocenters. The minimum Gasteiger partial charge on any atom is -0.439 e. The zero-order valence-corrected chi connectivity index (χ0v) is 9.68. The van der Waals surface area contributed by atoms with Crippen LogP contribution >= 0.6 is 0 Å². The van der Waals surface area contributed by atoms with E-state index in [-0.39, 0.29) is 0 Å². The monoisotopic (exact) mass is 223 g/mol. The lowest BCUT2D eigenvalue weighted by Crippen LogP contribution is -1.91. The Kier molecular flexibility index (Phi) is 2.41. The summed E-state index contributed by atoms with van der Waals surface area (Å²) < 4.78 is 5.71. The zero-order chi connectivity index (χ0) is 11.7. The average Bonchev–Trinajstić information content (AvgIpc) is 2.73. The highest BCUT2D eigenvalue weighted by Crippen LogP contribution is 2.30. The highest BCUT2D eigenvalue weighted by atomic mass is 16.5. The zero-order valence-electron chi connectivity index (χ0n) is 9.68. The molecule has 0 N–H and O–H groups in total. The number of pyridine rings is 1. The van der Waals surface area contributed by atoms with Gasteiger partial charge in [-0.25, -0.2) is 4.98 Å². The van der Waals surface area contributed by atoms with Gasteiger partial charge in [-0.15, -0.1) is 0 Å². The van der Waals surface area contributed by atoms with Gasteiger partial charge in [0.1, 0.15) is 5.75 Å². The highest BCUT2D eigenvalue weighted by molar-refractivity contribution is 5.71. The van der Waals surface area contributed by atoms with Gasteiger partial charge in [-0.1, -0.05) is 24.3 Å². The van der Waals surface area contributed by atoms with Crippen molar-refractivity contribution in [2.24, 2.45) is 0 Å². The highest BCUT2D eigenvalue weighted by Gasteiger charge is 2.12. The molecular weight excluding hydrogens is 210 g/mol. The molecular formula is C15H13NO. The van der Waals surface area contributed by atoms with Crippen LogP contribution < -0.4 is 4.74 Å². The molecule has 0 unspecified atom stereocenters. The molecule has 0 aliphatic heterocycles. The maximum Gasteiger partial charge on any atom is 0.219 e. The van der Waals surface area contributed by atoms with E-state index in [1.165, 1.54) is 16.7 Å². The van der Waals surface area contributed by atoms with Crippen LogP contribution in [0.2, 0.25) is 0 Å². The van der Waals surface area contributed by atoms with E-state index in [2.05, 4.69) is 18.0 Å². The van der Waals surface area contributed by atoms with Gasteiger partial charge in [0, 0.05) is 12.3 Å².